The van der Waals surface area contributed by atoms with Gasteiger partial charge < -0.3 is 9.73 Å². The molecule has 1 N–H and O–H groups in total. The second-order valence-electron chi connectivity index (χ2n) is 5.99. The van der Waals surface area contributed by atoms with Gasteiger partial charge in [-0.25, -0.2) is 0 Å². The van der Waals surface area contributed by atoms with Gasteiger partial charge in [-0.3, -0.25) is 4.79 Å². The number of halogens is 5. The van der Waals surface area contributed by atoms with Crippen LogP contribution in [-0.4, -0.2) is 5.91 Å². The first-order valence-corrected chi connectivity index (χ1v) is 9.09. The normalized spacial score (nSPS) is 11.8. The van der Waals surface area contributed by atoms with Crippen molar-refractivity contribution in [1.82, 2.24) is 0 Å². The molecular formula is C21H11Cl2F3N2O2. The van der Waals surface area contributed by atoms with E-state index in [1.807, 2.05) is 0 Å². The van der Waals surface area contributed by atoms with E-state index < -0.39 is 28.9 Å². The topological polar surface area (TPSA) is 66.0 Å². The van der Waals surface area contributed by atoms with Crippen molar-refractivity contribution < 1.29 is 22.4 Å². The van der Waals surface area contributed by atoms with Crippen LogP contribution in [0.2, 0.25) is 10.0 Å². The van der Waals surface area contributed by atoms with Gasteiger partial charge in [-0.15, -0.1) is 0 Å². The van der Waals surface area contributed by atoms with Crippen molar-refractivity contribution in [3.63, 3.8) is 0 Å². The van der Waals surface area contributed by atoms with Gasteiger partial charge in [-0.1, -0.05) is 35.3 Å². The summed E-state index contributed by atoms with van der Waals surface area (Å²) in [6.07, 6.45) is -3.53. The summed E-state index contributed by atoms with van der Waals surface area (Å²) >= 11 is 12.0. The van der Waals surface area contributed by atoms with Crippen LogP contribution in [0.1, 0.15) is 11.3 Å². The molecule has 0 aliphatic carbocycles. The monoisotopic (exact) mass is 450 g/mol. The van der Waals surface area contributed by atoms with Gasteiger partial charge in [-0.05, 0) is 42.5 Å². The van der Waals surface area contributed by atoms with E-state index in [1.165, 1.54) is 24.3 Å². The van der Waals surface area contributed by atoms with Gasteiger partial charge in [0, 0.05) is 16.7 Å². The molecule has 1 heterocycles. The van der Waals surface area contributed by atoms with Crippen LogP contribution in [0.4, 0.5) is 18.9 Å². The van der Waals surface area contributed by atoms with Crippen LogP contribution in [0.3, 0.4) is 0 Å². The number of alkyl halides is 3. The van der Waals surface area contributed by atoms with E-state index in [9.17, 15) is 23.2 Å². The van der Waals surface area contributed by atoms with E-state index in [4.69, 9.17) is 27.6 Å². The minimum atomic E-state index is -4.66. The maximum Gasteiger partial charge on any atom is 0.418 e. The minimum Gasteiger partial charge on any atom is -0.457 e. The molecule has 0 saturated heterocycles. The van der Waals surface area contributed by atoms with Crippen molar-refractivity contribution in [2.24, 2.45) is 0 Å². The molecular weight excluding hydrogens is 440 g/mol. The highest BCUT2D eigenvalue weighted by molar-refractivity contribution is 6.36. The zero-order valence-corrected chi connectivity index (χ0v) is 16.4. The average Bonchev–Trinajstić information content (AvgIpc) is 3.14. The third-order valence-corrected chi connectivity index (χ3v) is 4.50. The summed E-state index contributed by atoms with van der Waals surface area (Å²) in [6, 6.07) is 14.0. The largest absolute Gasteiger partial charge is 0.457 e. The summed E-state index contributed by atoms with van der Waals surface area (Å²) < 4.78 is 44.8. The number of hydrogen-bond donors (Lipinski definition) is 1. The first kappa shape index (κ1) is 21.5. The lowest BCUT2D eigenvalue weighted by molar-refractivity contribution is -0.137. The Labute approximate surface area is 179 Å². The molecule has 4 nitrogen and oxygen atoms in total. The minimum absolute atomic E-state index is 0.145. The van der Waals surface area contributed by atoms with Crippen LogP contribution in [-0.2, 0) is 11.0 Å². The number of carbonyl (C=O) groups excluding carboxylic acids is 1. The Morgan fingerprint density at radius 2 is 1.83 bits per heavy atom. The molecule has 3 aromatic rings. The van der Waals surface area contributed by atoms with Crippen molar-refractivity contribution in [2.75, 3.05) is 5.32 Å². The van der Waals surface area contributed by atoms with Gasteiger partial charge in [0.05, 0.1) is 16.3 Å². The molecule has 152 valence electrons. The molecule has 0 unspecified atom stereocenters. The standard InChI is InChI=1S/C21H11Cl2F3N2O2/c22-13-5-7-15(17(23)10-13)19-8-6-14(30-19)9-12(11-27)20(29)28-18-4-2-1-3-16(18)21(24,25)26/h1-10H,(H,28,29)/b12-9+. The highest BCUT2D eigenvalue weighted by Gasteiger charge is 2.33. The summed E-state index contributed by atoms with van der Waals surface area (Å²) in [5.74, 6) is -0.494. The fourth-order valence-electron chi connectivity index (χ4n) is 2.58. The molecule has 0 saturated carbocycles. The van der Waals surface area contributed by atoms with Gasteiger partial charge >= 0.3 is 6.18 Å². The second-order valence-corrected chi connectivity index (χ2v) is 6.84. The average molecular weight is 451 g/mol. The summed E-state index contributed by atoms with van der Waals surface area (Å²) in [5, 5.41) is 12.2. The predicted octanol–water partition coefficient (Wildman–Crippen LogP) is 6.82. The Bertz CT molecular complexity index is 1180. The fourth-order valence-corrected chi connectivity index (χ4v) is 3.09. The molecule has 0 aliphatic rings. The molecule has 0 radical (unpaired) electrons. The van der Waals surface area contributed by atoms with Crippen LogP contribution in [0.25, 0.3) is 17.4 Å². The lowest BCUT2D eigenvalue weighted by Crippen LogP contribution is -2.17. The lowest BCUT2D eigenvalue weighted by Gasteiger charge is -2.13. The van der Waals surface area contributed by atoms with E-state index >= 15 is 0 Å². The quantitative estimate of drug-likeness (QED) is 0.350. The molecule has 2 aromatic carbocycles. The van der Waals surface area contributed by atoms with Crippen molar-refractivity contribution in [3.8, 4) is 17.4 Å². The van der Waals surface area contributed by atoms with Gasteiger partial charge in [0.15, 0.2) is 0 Å². The zero-order valence-electron chi connectivity index (χ0n) is 14.9. The Balaban J connectivity index is 1.86. The van der Waals surface area contributed by atoms with E-state index in [0.717, 1.165) is 18.2 Å². The van der Waals surface area contributed by atoms with Gasteiger partial charge in [-0.2, -0.15) is 18.4 Å². The summed E-state index contributed by atoms with van der Waals surface area (Å²) in [5.41, 5.74) is -1.37. The van der Waals surface area contributed by atoms with Crippen LogP contribution in [0.5, 0.6) is 0 Å². The smallest absolute Gasteiger partial charge is 0.418 e. The number of furan rings is 1. The van der Waals surface area contributed by atoms with Crippen molar-refractivity contribution in [3.05, 3.63) is 81.5 Å². The number of anilines is 1. The van der Waals surface area contributed by atoms with E-state index in [2.05, 4.69) is 5.32 Å². The maximum atomic E-state index is 13.1. The Hall–Kier alpha value is -3.21. The zero-order chi connectivity index (χ0) is 21.9. The molecule has 1 amide bonds. The summed E-state index contributed by atoms with van der Waals surface area (Å²) in [4.78, 5) is 12.3. The number of benzene rings is 2. The highest BCUT2D eigenvalue weighted by Crippen LogP contribution is 2.35. The van der Waals surface area contributed by atoms with Crippen LogP contribution in [0, 0.1) is 11.3 Å². The van der Waals surface area contributed by atoms with E-state index in [-0.39, 0.29) is 5.76 Å². The van der Waals surface area contributed by atoms with E-state index in [0.29, 0.717) is 21.4 Å². The SMILES string of the molecule is N#C/C(=C\c1ccc(-c2ccc(Cl)cc2Cl)o1)C(=O)Nc1ccccc1C(F)(F)F. The van der Waals surface area contributed by atoms with Gasteiger partial charge in [0.2, 0.25) is 0 Å². The number of nitriles is 1. The van der Waals surface area contributed by atoms with Gasteiger partial charge in [0.25, 0.3) is 5.91 Å². The molecule has 0 bridgehead atoms. The molecule has 3 rings (SSSR count). The Morgan fingerprint density at radius 1 is 1.10 bits per heavy atom. The van der Waals surface area contributed by atoms with Crippen LogP contribution < -0.4 is 5.32 Å². The molecule has 0 fully saturated rings. The van der Waals surface area contributed by atoms with E-state index in [1.54, 1.807) is 24.3 Å². The maximum absolute atomic E-state index is 13.1. The summed E-state index contributed by atoms with van der Waals surface area (Å²) in [7, 11) is 0. The summed E-state index contributed by atoms with van der Waals surface area (Å²) in [6.45, 7) is 0. The molecule has 0 atom stereocenters. The molecule has 30 heavy (non-hydrogen) atoms. The first-order chi connectivity index (χ1) is 14.2. The number of amides is 1. The number of nitrogens with zero attached hydrogens (tertiary/aromatic N) is 1. The number of carbonyl (C=O) groups is 1. The predicted molar refractivity (Wildman–Crippen MR) is 108 cm³/mol. The number of hydrogen-bond acceptors (Lipinski definition) is 3. The van der Waals surface area contributed by atoms with Crippen LogP contribution in [0.15, 0.2) is 64.6 Å². The highest BCUT2D eigenvalue weighted by atomic mass is 35.5. The molecule has 9 heteroatoms. The molecule has 0 spiro atoms. The van der Waals surface area contributed by atoms with Crippen molar-refractivity contribution in [2.45, 2.75) is 6.18 Å². The van der Waals surface area contributed by atoms with Crippen LogP contribution >= 0.6 is 23.2 Å². The Kier molecular flexibility index (Phi) is 6.20. The number of rotatable bonds is 4. The number of nitrogens with one attached hydrogen (secondary N) is 1. The second kappa shape index (κ2) is 8.66. The third-order valence-electron chi connectivity index (χ3n) is 3.96. The third kappa shape index (κ3) is 4.85. The van der Waals surface area contributed by atoms with Crippen molar-refractivity contribution >= 4 is 40.9 Å². The van der Waals surface area contributed by atoms with Crippen molar-refractivity contribution in [1.29, 1.82) is 5.26 Å². The lowest BCUT2D eigenvalue weighted by atomic mass is 10.1. The first-order valence-electron chi connectivity index (χ1n) is 8.33. The molecule has 0 aliphatic heterocycles. The molecule has 1 aromatic heterocycles. The Morgan fingerprint density at radius 3 is 2.50 bits per heavy atom. The number of para-hydroxylation sites is 1. The fraction of sp³-hybridized carbons (Fsp3) is 0.0476. The van der Waals surface area contributed by atoms with Gasteiger partial charge in [0.1, 0.15) is 23.2 Å².